The Hall–Kier alpha value is -2.24. The number of amides is 1. The van der Waals surface area contributed by atoms with Gasteiger partial charge in [-0.15, -0.1) is 0 Å². The molecule has 0 aromatic carbocycles. The molecule has 0 atom stereocenters. The van der Waals surface area contributed by atoms with Crippen LogP contribution in [0.4, 0.5) is 5.69 Å². The van der Waals surface area contributed by atoms with Crippen molar-refractivity contribution in [3.63, 3.8) is 0 Å². The highest BCUT2D eigenvalue weighted by Crippen LogP contribution is 2.27. The molecule has 1 saturated carbocycles. The van der Waals surface area contributed by atoms with E-state index in [1.807, 2.05) is 0 Å². The minimum atomic E-state index is 0.0517. The number of nitrogens with zero attached hydrogens (tertiary/aromatic N) is 4. The Labute approximate surface area is 117 Å². The number of rotatable bonds is 4. The Morgan fingerprint density at radius 1 is 1.30 bits per heavy atom. The zero-order chi connectivity index (χ0) is 13.8. The monoisotopic (exact) mass is 271 g/mol. The summed E-state index contributed by atoms with van der Waals surface area (Å²) in [5.74, 6) is 1.13. The lowest BCUT2D eigenvalue weighted by Gasteiger charge is -2.09. The molecular weight excluding hydrogens is 254 g/mol. The van der Waals surface area contributed by atoms with Gasteiger partial charge < -0.3 is 5.32 Å². The number of hydrogen-bond donors (Lipinski definition) is 1. The summed E-state index contributed by atoms with van der Waals surface area (Å²) in [6.45, 7) is 0. The Kier molecular flexibility index (Phi) is 3.71. The Morgan fingerprint density at radius 3 is 2.70 bits per heavy atom. The van der Waals surface area contributed by atoms with Gasteiger partial charge in [-0.2, -0.15) is 0 Å². The first-order valence-corrected chi connectivity index (χ1v) is 6.91. The van der Waals surface area contributed by atoms with Crippen LogP contribution in [0.1, 0.15) is 32.1 Å². The van der Waals surface area contributed by atoms with Gasteiger partial charge in [0.05, 0.1) is 18.1 Å². The summed E-state index contributed by atoms with van der Waals surface area (Å²) < 4.78 is 1.71. The zero-order valence-electron chi connectivity index (χ0n) is 11.2. The van der Waals surface area contributed by atoms with Gasteiger partial charge in [0.25, 0.3) is 0 Å². The molecule has 2 heterocycles. The number of anilines is 1. The first-order chi connectivity index (χ1) is 9.81. The summed E-state index contributed by atoms with van der Waals surface area (Å²) in [6, 6.07) is 0. The third-order valence-corrected chi connectivity index (χ3v) is 3.61. The topological polar surface area (TPSA) is 72.7 Å². The average Bonchev–Trinajstić information content (AvgIpc) is 3.12. The highest BCUT2D eigenvalue weighted by atomic mass is 16.1. The van der Waals surface area contributed by atoms with Gasteiger partial charge in [0.1, 0.15) is 6.33 Å². The molecule has 6 heteroatoms. The van der Waals surface area contributed by atoms with Crippen molar-refractivity contribution in [2.24, 2.45) is 5.92 Å². The second-order valence-corrected chi connectivity index (χ2v) is 5.14. The van der Waals surface area contributed by atoms with Crippen molar-refractivity contribution in [3.8, 4) is 5.95 Å². The van der Waals surface area contributed by atoms with E-state index in [9.17, 15) is 4.79 Å². The molecule has 1 amide bonds. The van der Waals surface area contributed by atoms with Crippen molar-refractivity contribution in [1.29, 1.82) is 0 Å². The molecule has 1 aliphatic carbocycles. The number of nitrogens with one attached hydrogen (secondary N) is 1. The molecule has 3 rings (SSSR count). The lowest BCUT2D eigenvalue weighted by atomic mass is 10.0. The third kappa shape index (κ3) is 3.01. The van der Waals surface area contributed by atoms with E-state index >= 15 is 0 Å². The van der Waals surface area contributed by atoms with Crippen molar-refractivity contribution < 1.29 is 4.79 Å². The normalized spacial score (nSPS) is 15.4. The van der Waals surface area contributed by atoms with Crippen LogP contribution in [0.2, 0.25) is 0 Å². The number of hydrogen-bond acceptors (Lipinski definition) is 4. The number of carbonyl (C=O) groups excluding carboxylic acids is 1. The summed E-state index contributed by atoms with van der Waals surface area (Å²) in [7, 11) is 0. The van der Waals surface area contributed by atoms with E-state index in [-0.39, 0.29) is 5.91 Å². The predicted octanol–water partition coefficient (Wildman–Crippen LogP) is 2.18. The van der Waals surface area contributed by atoms with E-state index < -0.39 is 0 Å². The lowest BCUT2D eigenvalue weighted by Crippen LogP contribution is -2.15. The van der Waals surface area contributed by atoms with Gasteiger partial charge in [-0.1, -0.05) is 12.8 Å². The Balaban J connectivity index is 1.59. The van der Waals surface area contributed by atoms with Crippen LogP contribution in [-0.2, 0) is 4.79 Å². The molecule has 0 bridgehead atoms. The molecule has 1 aliphatic rings. The molecule has 0 radical (unpaired) electrons. The summed E-state index contributed by atoms with van der Waals surface area (Å²) in [6.07, 6.45) is 13.8. The Bertz CT molecular complexity index is 558. The van der Waals surface area contributed by atoms with Crippen LogP contribution in [-0.4, -0.2) is 25.4 Å². The summed E-state index contributed by atoms with van der Waals surface area (Å²) in [5.41, 5.74) is 0.636. The van der Waals surface area contributed by atoms with Crippen LogP contribution in [0.5, 0.6) is 0 Å². The fourth-order valence-electron chi connectivity index (χ4n) is 2.59. The maximum atomic E-state index is 11.9. The van der Waals surface area contributed by atoms with Crippen molar-refractivity contribution >= 4 is 11.6 Å². The Morgan fingerprint density at radius 2 is 2.05 bits per heavy atom. The van der Waals surface area contributed by atoms with Gasteiger partial charge in [0.15, 0.2) is 0 Å². The predicted molar refractivity (Wildman–Crippen MR) is 74.4 cm³/mol. The van der Waals surface area contributed by atoms with E-state index in [1.54, 1.807) is 35.7 Å². The van der Waals surface area contributed by atoms with E-state index in [0.717, 1.165) is 0 Å². The van der Waals surface area contributed by atoms with Crippen LogP contribution in [0.15, 0.2) is 31.1 Å². The highest BCUT2D eigenvalue weighted by Gasteiger charge is 2.18. The summed E-state index contributed by atoms with van der Waals surface area (Å²) in [4.78, 5) is 24.2. The molecule has 2 aromatic heterocycles. The standard InChI is InChI=1S/C14H17N5O/c20-13(7-11-3-1-2-4-11)18-12-8-16-14(17-9-12)19-6-5-15-10-19/h5-6,8-11H,1-4,7H2,(H,18,20). The van der Waals surface area contributed by atoms with Gasteiger partial charge in [-0.3, -0.25) is 9.36 Å². The first kappa shape index (κ1) is 12.8. The smallest absolute Gasteiger partial charge is 0.234 e. The first-order valence-electron chi connectivity index (χ1n) is 6.91. The molecule has 0 saturated heterocycles. The average molecular weight is 271 g/mol. The number of imidazole rings is 1. The van der Waals surface area contributed by atoms with Gasteiger partial charge in [-0.05, 0) is 18.8 Å². The van der Waals surface area contributed by atoms with Crippen molar-refractivity contribution in [2.75, 3.05) is 5.32 Å². The quantitative estimate of drug-likeness (QED) is 0.925. The SMILES string of the molecule is O=C(CC1CCCC1)Nc1cnc(-n2ccnc2)nc1. The van der Waals surface area contributed by atoms with Gasteiger partial charge in [0.2, 0.25) is 11.9 Å². The zero-order valence-corrected chi connectivity index (χ0v) is 11.2. The minimum absolute atomic E-state index is 0.0517. The molecule has 20 heavy (non-hydrogen) atoms. The molecule has 6 nitrogen and oxygen atoms in total. The lowest BCUT2D eigenvalue weighted by molar-refractivity contribution is -0.117. The van der Waals surface area contributed by atoms with E-state index in [1.165, 1.54) is 25.7 Å². The molecule has 104 valence electrons. The van der Waals surface area contributed by atoms with E-state index in [0.29, 0.717) is 24.0 Å². The van der Waals surface area contributed by atoms with Crippen molar-refractivity contribution in [1.82, 2.24) is 19.5 Å². The fraction of sp³-hybridized carbons (Fsp3) is 0.429. The maximum absolute atomic E-state index is 11.9. The summed E-state index contributed by atoms with van der Waals surface area (Å²) in [5, 5.41) is 2.85. The molecule has 1 fully saturated rings. The van der Waals surface area contributed by atoms with Crippen molar-refractivity contribution in [3.05, 3.63) is 31.1 Å². The van der Waals surface area contributed by atoms with Crippen LogP contribution in [0.3, 0.4) is 0 Å². The van der Waals surface area contributed by atoms with E-state index in [4.69, 9.17) is 0 Å². The molecule has 0 unspecified atom stereocenters. The third-order valence-electron chi connectivity index (χ3n) is 3.61. The van der Waals surface area contributed by atoms with Crippen LogP contribution in [0, 0.1) is 5.92 Å². The maximum Gasteiger partial charge on any atom is 0.234 e. The summed E-state index contributed by atoms with van der Waals surface area (Å²) >= 11 is 0. The second-order valence-electron chi connectivity index (χ2n) is 5.14. The van der Waals surface area contributed by atoms with Crippen LogP contribution < -0.4 is 5.32 Å². The number of carbonyl (C=O) groups is 1. The number of aromatic nitrogens is 4. The van der Waals surface area contributed by atoms with Gasteiger partial charge in [-0.25, -0.2) is 15.0 Å². The van der Waals surface area contributed by atoms with Crippen LogP contribution in [0.25, 0.3) is 5.95 Å². The van der Waals surface area contributed by atoms with Crippen LogP contribution >= 0.6 is 0 Å². The molecular formula is C14H17N5O. The fourth-order valence-corrected chi connectivity index (χ4v) is 2.59. The molecule has 0 spiro atoms. The van der Waals surface area contributed by atoms with Gasteiger partial charge in [0, 0.05) is 18.8 Å². The van der Waals surface area contributed by atoms with Crippen molar-refractivity contribution in [2.45, 2.75) is 32.1 Å². The van der Waals surface area contributed by atoms with Gasteiger partial charge >= 0.3 is 0 Å². The second kappa shape index (κ2) is 5.81. The minimum Gasteiger partial charge on any atom is -0.323 e. The molecule has 0 aliphatic heterocycles. The molecule has 2 aromatic rings. The molecule has 1 N–H and O–H groups in total. The highest BCUT2D eigenvalue weighted by molar-refractivity contribution is 5.90. The largest absolute Gasteiger partial charge is 0.323 e. The van der Waals surface area contributed by atoms with E-state index in [2.05, 4.69) is 20.3 Å².